The molecule has 0 radical (unpaired) electrons. The van der Waals surface area contributed by atoms with Crippen molar-refractivity contribution in [2.45, 2.75) is 26.4 Å². The first-order valence-corrected chi connectivity index (χ1v) is 8.63. The van der Waals surface area contributed by atoms with Crippen LogP contribution in [0, 0.1) is 12.3 Å². The molecular weight excluding hydrogens is 278 g/mol. The van der Waals surface area contributed by atoms with Crippen molar-refractivity contribution < 1.29 is 13.2 Å². The van der Waals surface area contributed by atoms with Crippen molar-refractivity contribution in [2.75, 3.05) is 31.0 Å². The van der Waals surface area contributed by atoms with Crippen LogP contribution < -0.4 is 5.32 Å². The van der Waals surface area contributed by atoms with Gasteiger partial charge < -0.3 is 10.1 Å². The quantitative estimate of drug-likeness (QED) is 0.814. The predicted molar refractivity (Wildman–Crippen MR) is 77.3 cm³/mol. The van der Waals surface area contributed by atoms with E-state index in [0.717, 1.165) is 24.4 Å². The first kappa shape index (κ1) is 15.2. The third kappa shape index (κ3) is 4.42. The van der Waals surface area contributed by atoms with Gasteiger partial charge in [0, 0.05) is 37.1 Å². The molecule has 0 saturated heterocycles. The molecule has 1 aromatic rings. The van der Waals surface area contributed by atoms with Gasteiger partial charge in [0.25, 0.3) is 0 Å². The SMILES string of the molecule is COCc1nc(C)cc(NCC2(CS(C)(=O)=O)CC2)n1. The van der Waals surface area contributed by atoms with Crippen molar-refractivity contribution >= 4 is 15.7 Å². The third-order valence-electron chi connectivity index (χ3n) is 3.34. The zero-order chi connectivity index (χ0) is 14.8. The summed E-state index contributed by atoms with van der Waals surface area (Å²) in [5.41, 5.74) is 0.746. The number of methoxy groups -OCH3 is 1. The molecule has 2 rings (SSSR count). The summed E-state index contributed by atoms with van der Waals surface area (Å²) in [5.74, 6) is 1.59. The molecule has 6 nitrogen and oxygen atoms in total. The standard InChI is InChI=1S/C13H21N3O3S/c1-10-6-11(16-12(15-10)7-19-2)14-8-13(4-5-13)9-20(3,17)18/h6H,4-5,7-9H2,1-3H3,(H,14,15,16). The van der Waals surface area contributed by atoms with Gasteiger partial charge in [0.05, 0.1) is 5.75 Å². The second kappa shape index (κ2) is 5.65. The monoisotopic (exact) mass is 299 g/mol. The van der Waals surface area contributed by atoms with Crippen molar-refractivity contribution in [1.29, 1.82) is 0 Å². The molecule has 1 aliphatic rings. The molecule has 1 N–H and O–H groups in total. The van der Waals surface area contributed by atoms with Crippen LogP contribution in [0.1, 0.15) is 24.4 Å². The van der Waals surface area contributed by atoms with Crippen LogP contribution in [0.5, 0.6) is 0 Å². The first-order valence-electron chi connectivity index (χ1n) is 6.57. The number of rotatable bonds is 7. The number of hydrogen-bond acceptors (Lipinski definition) is 6. The smallest absolute Gasteiger partial charge is 0.156 e. The number of ether oxygens (including phenoxy) is 1. The molecule has 1 aromatic heterocycles. The number of nitrogens with one attached hydrogen (secondary N) is 1. The molecule has 0 atom stereocenters. The van der Waals surface area contributed by atoms with Crippen LogP contribution in [0.25, 0.3) is 0 Å². The number of nitrogens with zero attached hydrogens (tertiary/aromatic N) is 2. The van der Waals surface area contributed by atoms with E-state index < -0.39 is 9.84 Å². The fourth-order valence-electron chi connectivity index (χ4n) is 2.30. The zero-order valence-corrected chi connectivity index (χ0v) is 13.0. The Morgan fingerprint density at radius 1 is 1.40 bits per heavy atom. The Labute approximate surface area is 119 Å². The number of anilines is 1. The Balaban J connectivity index is 2.00. The van der Waals surface area contributed by atoms with Gasteiger partial charge in [0.15, 0.2) is 5.82 Å². The summed E-state index contributed by atoms with van der Waals surface area (Å²) < 4.78 is 27.9. The molecule has 0 amide bonds. The van der Waals surface area contributed by atoms with Gasteiger partial charge in [0.1, 0.15) is 22.3 Å². The molecule has 1 aliphatic carbocycles. The van der Waals surface area contributed by atoms with Gasteiger partial charge in [-0.05, 0) is 19.8 Å². The highest BCUT2D eigenvalue weighted by molar-refractivity contribution is 7.90. The molecule has 1 heterocycles. The van der Waals surface area contributed by atoms with E-state index in [1.54, 1.807) is 7.11 Å². The molecule has 20 heavy (non-hydrogen) atoms. The van der Waals surface area contributed by atoms with Crippen LogP contribution >= 0.6 is 0 Å². The van der Waals surface area contributed by atoms with E-state index in [1.165, 1.54) is 6.26 Å². The fraction of sp³-hybridized carbons (Fsp3) is 0.692. The van der Waals surface area contributed by atoms with Gasteiger partial charge in [-0.25, -0.2) is 18.4 Å². The molecule has 0 aliphatic heterocycles. The number of aromatic nitrogens is 2. The van der Waals surface area contributed by atoms with Crippen molar-refractivity contribution in [1.82, 2.24) is 9.97 Å². The maximum Gasteiger partial charge on any atom is 0.156 e. The van der Waals surface area contributed by atoms with Crippen LogP contribution in [0.15, 0.2) is 6.07 Å². The second-order valence-electron chi connectivity index (χ2n) is 5.67. The second-order valence-corrected chi connectivity index (χ2v) is 7.81. The molecule has 0 aromatic carbocycles. The highest BCUT2D eigenvalue weighted by Gasteiger charge is 2.45. The average molecular weight is 299 g/mol. The lowest BCUT2D eigenvalue weighted by molar-refractivity contribution is 0.177. The van der Waals surface area contributed by atoms with Crippen molar-refractivity contribution in [2.24, 2.45) is 5.41 Å². The first-order chi connectivity index (χ1) is 9.32. The molecule has 0 bridgehead atoms. The van der Waals surface area contributed by atoms with Crippen molar-refractivity contribution in [3.05, 3.63) is 17.6 Å². The van der Waals surface area contributed by atoms with Gasteiger partial charge in [0.2, 0.25) is 0 Å². The maximum absolute atomic E-state index is 11.4. The van der Waals surface area contributed by atoms with Crippen LogP contribution in [-0.2, 0) is 21.2 Å². The third-order valence-corrected chi connectivity index (χ3v) is 4.48. The van der Waals surface area contributed by atoms with E-state index >= 15 is 0 Å². The minimum atomic E-state index is -2.94. The zero-order valence-electron chi connectivity index (χ0n) is 12.1. The minimum absolute atomic E-state index is 0.117. The summed E-state index contributed by atoms with van der Waals surface area (Å²) in [6.07, 6.45) is 3.18. The van der Waals surface area contributed by atoms with Crippen LogP contribution in [0.3, 0.4) is 0 Å². The van der Waals surface area contributed by atoms with E-state index in [-0.39, 0.29) is 11.2 Å². The van der Waals surface area contributed by atoms with Crippen LogP contribution in [-0.4, -0.2) is 44.0 Å². The van der Waals surface area contributed by atoms with Crippen LogP contribution in [0.4, 0.5) is 5.82 Å². The Morgan fingerprint density at radius 2 is 2.10 bits per heavy atom. The van der Waals surface area contributed by atoms with E-state index in [1.807, 2.05) is 13.0 Å². The summed E-state index contributed by atoms with van der Waals surface area (Å²) in [7, 11) is -1.34. The minimum Gasteiger partial charge on any atom is -0.377 e. The van der Waals surface area contributed by atoms with Crippen molar-refractivity contribution in [3.8, 4) is 0 Å². The predicted octanol–water partition coefficient (Wildman–Crippen LogP) is 1.17. The lowest BCUT2D eigenvalue weighted by atomic mass is 10.1. The highest BCUT2D eigenvalue weighted by atomic mass is 32.2. The number of aryl methyl sites for hydroxylation is 1. The molecular formula is C13H21N3O3S. The summed E-state index contributed by atoms with van der Waals surface area (Å²) in [6, 6.07) is 1.86. The van der Waals surface area contributed by atoms with Gasteiger partial charge in [-0.1, -0.05) is 0 Å². The summed E-state index contributed by atoms with van der Waals surface area (Å²) >= 11 is 0. The van der Waals surface area contributed by atoms with Gasteiger partial charge in [-0.15, -0.1) is 0 Å². The molecule has 1 fully saturated rings. The van der Waals surface area contributed by atoms with E-state index in [4.69, 9.17) is 4.74 Å². The molecule has 0 spiro atoms. The summed E-state index contributed by atoms with van der Waals surface area (Å²) in [6.45, 7) is 2.89. The summed E-state index contributed by atoms with van der Waals surface area (Å²) in [5, 5.41) is 3.24. The Morgan fingerprint density at radius 3 is 2.65 bits per heavy atom. The Hall–Kier alpha value is -1.21. The van der Waals surface area contributed by atoms with E-state index in [0.29, 0.717) is 19.0 Å². The lowest BCUT2D eigenvalue weighted by Crippen LogP contribution is -2.24. The number of sulfone groups is 1. The average Bonchev–Trinajstić information content (AvgIpc) is 3.04. The topological polar surface area (TPSA) is 81.2 Å². The van der Waals surface area contributed by atoms with E-state index in [2.05, 4.69) is 15.3 Å². The van der Waals surface area contributed by atoms with Gasteiger partial charge >= 0.3 is 0 Å². The van der Waals surface area contributed by atoms with Crippen molar-refractivity contribution in [3.63, 3.8) is 0 Å². The summed E-state index contributed by atoms with van der Waals surface area (Å²) in [4.78, 5) is 8.63. The normalized spacial score (nSPS) is 16.9. The van der Waals surface area contributed by atoms with Gasteiger partial charge in [-0.2, -0.15) is 0 Å². The molecule has 1 saturated carbocycles. The molecule has 0 unspecified atom stereocenters. The highest BCUT2D eigenvalue weighted by Crippen LogP contribution is 2.46. The Kier molecular flexibility index (Phi) is 4.29. The largest absolute Gasteiger partial charge is 0.377 e. The van der Waals surface area contributed by atoms with E-state index in [9.17, 15) is 8.42 Å². The van der Waals surface area contributed by atoms with Crippen LogP contribution in [0.2, 0.25) is 0 Å². The molecule has 112 valence electrons. The maximum atomic E-state index is 11.4. The number of hydrogen-bond donors (Lipinski definition) is 1. The molecule has 7 heteroatoms. The fourth-order valence-corrected chi connectivity index (χ4v) is 3.80. The Bertz CT molecular complexity index is 583. The van der Waals surface area contributed by atoms with Gasteiger partial charge in [-0.3, -0.25) is 0 Å². The lowest BCUT2D eigenvalue weighted by Gasteiger charge is -2.15.